The third kappa shape index (κ3) is 7.18. The van der Waals surface area contributed by atoms with Crippen molar-refractivity contribution in [1.82, 2.24) is 14.7 Å². The van der Waals surface area contributed by atoms with Gasteiger partial charge in [-0.15, -0.1) is 0 Å². The molecule has 216 valence electrons. The van der Waals surface area contributed by atoms with Gasteiger partial charge in [-0.05, 0) is 71.8 Å². The number of esters is 2. The lowest BCUT2D eigenvalue weighted by atomic mass is 9.87. The van der Waals surface area contributed by atoms with Gasteiger partial charge in [-0.1, -0.05) is 30.3 Å². The van der Waals surface area contributed by atoms with Crippen LogP contribution in [0.1, 0.15) is 71.8 Å². The van der Waals surface area contributed by atoms with Gasteiger partial charge in [-0.3, -0.25) is 14.5 Å². The van der Waals surface area contributed by atoms with Crippen molar-refractivity contribution >= 4 is 17.8 Å². The number of carbonyl (C=O) groups is 3. The lowest BCUT2D eigenvalue weighted by Crippen LogP contribution is -2.72. The molecular formula is C30H45N3O6. The highest BCUT2D eigenvalue weighted by Gasteiger charge is 2.56. The summed E-state index contributed by atoms with van der Waals surface area (Å²) in [7, 11) is 0. The summed E-state index contributed by atoms with van der Waals surface area (Å²) in [5.41, 5.74) is 0.360. The van der Waals surface area contributed by atoms with Crippen LogP contribution in [0.4, 0.5) is 0 Å². The highest BCUT2D eigenvalue weighted by Crippen LogP contribution is 2.37. The first-order valence-electron chi connectivity index (χ1n) is 14.5. The topological polar surface area (TPSA) is 88.6 Å². The third-order valence-corrected chi connectivity index (χ3v) is 7.79. The van der Waals surface area contributed by atoms with Crippen LogP contribution in [-0.4, -0.2) is 89.4 Å². The number of nitrogens with zero attached hydrogens (tertiary/aromatic N) is 3. The maximum absolute atomic E-state index is 14.1. The zero-order chi connectivity index (χ0) is 28.0. The molecule has 39 heavy (non-hydrogen) atoms. The molecule has 1 atom stereocenters. The van der Waals surface area contributed by atoms with Gasteiger partial charge in [0.05, 0.1) is 25.2 Å². The number of likely N-dealkylation sites (tertiary alicyclic amines) is 1. The first-order chi connectivity index (χ1) is 18.6. The van der Waals surface area contributed by atoms with Crippen LogP contribution in [-0.2, 0) is 35.1 Å². The van der Waals surface area contributed by atoms with Gasteiger partial charge in [0.2, 0.25) is 5.91 Å². The average molecular weight is 544 g/mol. The summed E-state index contributed by atoms with van der Waals surface area (Å²) < 4.78 is 18.1. The van der Waals surface area contributed by atoms with Crippen LogP contribution in [0.25, 0.3) is 0 Å². The van der Waals surface area contributed by atoms with Gasteiger partial charge in [-0.2, -0.15) is 0 Å². The molecule has 0 bridgehead atoms. The van der Waals surface area contributed by atoms with Crippen LogP contribution in [0.2, 0.25) is 0 Å². The Morgan fingerprint density at radius 1 is 0.923 bits per heavy atom. The van der Waals surface area contributed by atoms with E-state index < -0.39 is 17.4 Å². The molecule has 0 N–H and O–H groups in total. The molecule has 2 aliphatic heterocycles. The number of piperazine rings is 1. The van der Waals surface area contributed by atoms with Crippen LogP contribution < -0.4 is 0 Å². The van der Waals surface area contributed by atoms with Crippen molar-refractivity contribution in [2.24, 2.45) is 5.92 Å². The number of rotatable bonds is 9. The fourth-order valence-corrected chi connectivity index (χ4v) is 5.87. The van der Waals surface area contributed by atoms with Crippen molar-refractivity contribution in [3.05, 3.63) is 35.9 Å². The number of hydrogen-bond donors (Lipinski definition) is 0. The molecule has 0 radical (unpaired) electrons. The van der Waals surface area contributed by atoms with Crippen LogP contribution in [0.5, 0.6) is 0 Å². The Morgan fingerprint density at radius 2 is 1.59 bits per heavy atom. The Labute approximate surface area is 232 Å². The van der Waals surface area contributed by atoms with Gasteiger partial charge in [0, 0.05) is 32.7 Å². The van der Waals surface area contributed by atoms with Gasteiger partial charge in [0.15, 0.2) is 0 Å². The molecule has 0 aromatic heterocycles. The maximum Gasteiger partial charge on any atom is 0.371 e. The normalized spacial score (nSPS) is 24.8. The molecule has 1 saturated carbocycles. The van der Waals surface area contributed by atoms with Gasteiger partial charge >= 0.3 is 11.9 Å². The number of hydrogen-bond acceptors (Lipinski definition) is 8. The van der Waals surface area contributed by atoms with E-state index in [1.807, 2.05) is 67.8 Å². The Morgan fingerprint density at radius 3 is 2.18 bits per heavy atom. The van der Waals surface area contributed by atoms with Crippen molar-refractivity contribution in [1.29, 1.82) is 0 Å². The van der Waals surface area contributed by atoms with Crippen molar-refractivity contribution in [2.75, 3.05) is 39.3 Å². The second-order valence-electron chi connectivity index (χ2n) is 11.9. The minimum atomic E-state index is -1.49. The van der Waals surface area contributed by atoms with E-state index in [9.17, 15) is 14.4 Å². The summed E-state index contributed by atoms with van der Waals surface area (Å²) in [6.45, 7) is 10.7. The fourth-order valence-electron chi connectivity index (χ4n) is 5.87. The Hall–Kier alpha value is -2.49. The van der Waals surface area contributed by atoms with Gasteiger partial charge in [0.25, 0.3) is 5.85 Å². The number of ether oxygens (including phenoxy) is 3. The molecule has 1 unspecified atom stereocenters. The molecule has 2 saturated heterocycles. The first kappa shape index (κ1) is 29.5. The zero-order valence-electron chi connectivity index (χ0n) is 24.0. The van der Waals surface area contributed by atoms with E-state index in [-0.39, 0.29) is 30.4 Å². The molecule has 1 aromatic rings. The SMILES string of the molecule is CCOC(=O)C1CCC(OC(C(=O)OC(C)(C)C)(N2CCCC2)N2CCN(Cc3ccccc3)C(=O)C2)CC1. The molecule has 2 heterocycles. The van der Waals surface area contributed by atoms with Crippen molar-refractivity contribution in [3.8, 4) is 0 Å². The summed E-state index contributed by atoms with van der Waals surface area (Å²) in [5.74, 6) is -2.29. The Kier molecular flexibility index (Phi) is 9.67. The van der Waals surface area contributed by atoms with Crippen molar-refractivity contribution in [3.63, 3.8) is 0 Å². The zero-order valence-corrected chi connectivity index (χ0v) is 24.0. The molecule has 3 aliphatic rings. The van der Waals surface area contributed by atoms with Gasteiger partial charge < -0.3 is 19.1 Å². The molecule has 1 amide bonds. The first-order valence-corrected chi connectivity index (χ1v) is 14.5. The molecule has 1 aliphatic carbocycles. The molecular weight excluding hydrogens is 498 g/mol. The number of benzene rings is 1. The molecule has 4 rings (SSSR count). The summed E-state index contributed by atoms with van der Waals surface area (Å²) in [4.78, 5) is 45.7. The van der Waals surface area contributed by atoms with E-state index in [2.05, 4.69) is 4.90 Å². The molecule has 3 fully saturated rings. The molecule has 9 heteroatoms. The van der Waals surface area contributed by atoms with Crippen molar-refractivity contribution < 1.29 is 28.6 Å². The summed E-state index contributed by atoms with van der Waals surface area (Å²) in [5, 5.41) is 0. The van der Waals surface area contributed by atoms with Crippen LogP contribution in [0.15, 0.2) is 30.3 Å². The van der Waals surface area contributed by atoms with Crippen LogP contribution in [0, 0.1) is 5.92 Å². The average Bonchev–Trinajstić information content (AvgIpc) is 3.44. The summed E-state index contributed by atoms with van der Waals surface area (Å²) >= 11 is 0. The predicted octanol–water partition coefficient (Wildman–Crippen LogP) is 3.56. The highest BCUT2D eigenvalue weighted by molar-refractivity contribution is 5.83. The number of amides is 1. The summed E-state index contributed by atoms with van der Waals surface area (Å²) in [6, 6.07) is 9.95. The van der Waals surface area contributed by atoms with Crippen molar-refractivity contribution in [2.45, 2.75) is 90.3 Å². The van der Waals surface area contributed by atoms with Gasteiger partial charge in [0.1, 0.15) is 5.60 Å². The Balaban J connectivity index is 1.57. The van der Waals surface area contributed by atoms with E-state index >= 15 is 0 Å². The maximum atomic E-state index is 14.1. The largest absolute Gasteiger partial charge is 0.466 e. The third-order valence-electron chi connectivity index (χ3n) is 7.79. The molecule has 0 spiro atoms. The van der Waals surface area contributed by atoms with Crippen LogP contribution >= 0.6 is 0 Å². The van der Waals surface area contributed by atoms with Gasteiger partial charge in [-0.25, -0.2) is 9.69 Å². The minimum Gasteiger partial charge on any atom is -0.466 e. The summed E-state index contributed by atoms with van der Waals surface area (Å²) in [6.07, 6.45) is 4.25. The lowest BCUT2D eigenvalue weighted by molar-refractivity contribution is -0.279. The second-order valence-corrected chi connectivity index (χ2v) is 11.9. The minimum absolute atomic E-state index is 0.0353. The quantitative estimate of drug-likeness (QED) is 0.437. The van der Waals surface area contributed by atoms with E-state index in [1.54, 1.807) is 0 Å². The Bertz CT molecular complexity index is 982. The fraction of sp³-hybridized carbons (Fsp3) is 0.700. The molecule has 1 aromatic carbocycles. The standard InChI is InChI=1S/C30H45N3O6/c1-5-37-27(35)24-13-15-25(16-14-24)38-30(32-17-9-10-18-32,28(36)39-29(2,3)4)33-20-19-31(26(34)22-33)21-23-11-7-6-8-12-23/h6-8,11-12,24-25H,5,9-10,13-22H2,1-4H3. The predicted molar refractivity (Wildman–Crippen MR) is 146 cm³/mol. The lowest BCUT2D eigenvalue weighted by Gasteiger charge is -2.51. The number of carbonyl (C=O) groups excluding carboxylic acids is 3. The van der Waals surface area contributed by atoms with E-state index in [0.29, 0.717) is 65.0 Å². The molecule has 9 nitrogen and oxygen atoms in total. The monoisotopic (exact) mass is 543 g/mol. The highest BCUT2D eigenvalue weighted by atomic mass is 16.6. The van der Waals surface area contributed by atoms with E-state index in [4.69, 9.17) is 14.2 Å². The second kappa shape index (κ2) is 12.8. The van der Waals surface area contributed by atoms with E-state index in [0.717, 1.165) is 18.4 Å². The smallest absolute Gasteiger partial charge is 0.371 e. The van der Waals surface area contributed by atoms with E-state index in [1.165, 1.54) is 0 Å². The van der Waals surface area contributed by atoms with Crippen LogP contribution in [0.3, 0.4) is 0 Å².